The number of hydrogen-bond donors (Lipinski definition) is 2. The lowest BCUT2D eigenvalue weighted by atomic mass is 10.1. The number of carbonyl (C=O) groups excluding carboxylic acids is 1. The van der Waals surface area contributed by atoms with Gasteiger partial charge in [-0.15, -0.1) is 0 Å². The molecule has 0 aliphatic carbocycles. The molecule has 0 unspecified atom stereocenters. The van der Waals surface area contributed by atoms with Gasteiger partial charge in [0.05, 0.1) is 0 Å². The van der Waals surface area contributed by atoms with Crippen molar-refractivity contribution >= 4 is 6.03 Å². The maximum Gasteiger partial charge on any atom is 0.315 e. The molecule has 0 aromatic carbocycles. The van der Waals surface area contributed by atoms with Gasteiger partial charge in [-0.3, -0.25) is 0 Å². The monoisotopic (exact) mass is 241 g/mol. The SMILES string of the molecule is CC(C)CCN1CC[C@H](NC(=O)NC(C)C)C1. The fraction of sp³-hybridized carbons (Fsp3) is 0.923. The van der Waals surface area contributed by atoms with Crippen molar-refractivity contribution in [2.75, 3.05) is 19.6 Å². The van der Waals surface area contributed by atoms with Crippen LogP contribution < -0.4 is 10.6 Å². The van der Waals surface area contributed by atoms with Crippen molar-refractivity contribution in [3.8, 4) is 0 Å². The highest BCUT2D eigenvalue weighted by Crippen LogP contribution is 2.11. The molecule has 2 amide bonds. The quantitative estimate of drug-likeness (QED) is 0.771. The Balaban J connectivity index is 2.19. The Morgan fingerprint density at radius 1 is 1.35 bits per heavy atom. The van der Waals surface area contributed by atoms with Gasteiger partial charge in [0.1, 0.15) is 0 Å². The summed E-state index contributed by atoms with van der Waals surface area (Å²) in [4.78, 5) is 14.0. The Morgan fingerprint density at radius 2 is 2.06 bits per heavy atom. The van der Waals surface area contributed by atoms with Crippen LogP contribution in [0.25, 0.3) is 0 Å². The summed E-state index contributed by atoms with van der Waals surface area (Å²) in [6.45, 7) is 11.7. The molecule has 1 fully saturated rings. The van der Waals surface area contributed by atoms with Gasteiger partial charge in [0, 0.05) is 25.2 Å². The number of urea groups is 1. The van der Waals surface area contributed by atoms with Crippen LogP contribution in [0.1, 0.15) is 40.5 Å². The minimum atomic E-state index is -0.0318. The maximum absolute atomic E-state index is 11.5. The van der Waals surface area contributed by atoms with E-state index < -0.39 is 0 Å². The largest absolute Gasteiger partial charge is 0.336 e. The van der Waals surface area contributed by atoms with E-state index in [0.717, 1.165) is 32.0 Å². The summed E-state index contributed by atoms with van der Waals surface area (Å²) in [6.07, 6.45) is 2.31. The van der Waals surface area contributed by atoms with Crippen LogP contribution in [0.2, 0.25) is 0 Å². The molecular weight excluding hydrogens is 214 g/mol. The lowest BCUT2D eigenvalue weighted by Gasteiger charge is -2.18. The second-order valence-electron chi connectivity index (χ2n) is 5.74. The van der Waals surface area contributed by atoms with Crippen molar-refractivity contribution in [2.45, 2.75) is 52.6 Å². The highest BCUT2D eigenvalue weighted by atomic mass is 16.2. The van der Waals surface area contributed by atoms with E-state index in [1.807, 2.05) is 13.8 Å². The molecule has 2 N–H and O–H groups in total. The second kappa shape index (κ2) is 6.84. The van der Waals surface area contributed by atoms with Crippen LogP contribution in [-0.2, 0) is 0 Å². The zero-order chi connectivity index (χ0) is 12.8. The first-order valence-electron chi connectivity index (χ1n) is 6.76. The van der Waals surface area contributed by atoms with E-state index in [2.05, 4.69) is 29.4 Å². The molecule has 0 bridgehead atoms. The lowest BCUT2D eigenvalue weighted by molar-refractivity contribution is 0.233. The predicted octanol–water partition coefficient (Wildman–Crippen LogP) is 1.81. The lowest BCUT2D eigenvalue weighted by Crippen LogP contribution is -2.45. The third-order valence-corrected chi connectivity index (χ3v) is 3.05. The first-order chi connectivity index (χ1) is 7.97. The minimum Gasteiger partial charge on any atom is -0.336 e. The van der Waals surface area contributed by atoms with Gasteiger partial charge in [-0.1, -0.05) is 13.8 Å². The molecule has 1 rings (SSSR count). The molecule has 4 nitrogen and oxygen atoms in total. The molecule has 1 saturated heterocycles. The third kappa shape index (κ3) is 5.91. The molecule has 1 atom stereocenters. The normalized spacial score (nSPS) is 21.2. The van der Waals surface area contributed by atoms with Gasteiger partial charge in [-0.05, 0) is 39.2 Å². The molecule has 0 aromatic rings. The van der Waals surface area contributed by atoms with Crippen molar-refractivity contribution in [3.05, 3.63) is 0 Å². The maximum atomic E-state index is 11.5. The minimum absolute atomic E-state index is 0.0318. The number of nitrogens with one attached hydrogen (secondary N) is 2. The molecule has 1 heterocycles. The van der Waals surface area contributed by atoms with Gasteiger partial charge in [0.15, 0.2) is 0 Å². The number of hydrogen-bond acceptors (Lipinski definition) is 2. The molecule has 0 radical (unpaired) electrons. The average molecular weight is 241 g/mol. The zero-order valence-corrected chi connectivity index (χ0v) is 11.6. The van der Waals surface area contributed by atoms with Gasteiger partial charge in [-0.2, -0.15) is 0 Å². The second-order valence-corrected chi connectivity index (χ2v) is 5.74. The van der Waals surface area contributed by atoms with Crippen molar-refractivity contribution < 1.29 is 4.79 Å². The van der Waals surface area contributed by atoms with Gasteiger partial charge < -0.3 is 15.5 Å². The van der Waals surface area contributed by atoms with E-state index in [1.54, 1.807) is 0 Å². The summed E-state index contributed by atoms with van der Waals surface area (Å²) in [5.41, 5.74) is 0. The highest BCUT2D eigenvalue weighted by Gasteiger charge is 2.23. The Morgan fingerprint density at radius 3 is 2.65 bits per heavy atom. The van der Waals surface area contributed by atoms with Gasteiger partial charge >= 0.3 is 6.03 Å². The standard InChI is InChI=1S/C13H27N3O/c1-10(2)5-7-16-8-6-12(9-16)15-13(17)14-11(3)4/h10-12H,5-9H2,1-4H3,(H2,14,15,17)/t12-/m0/s1. The van der Waals surface area contributed by atoms with Crippen LogP contribution in [-0.4, -0.2) is 42.6 Å². The summed E-state index contributed by atoms with van der Waals surface area (Å²) in [5, 5.41) is 5.90. The Labute approximate surface area is 105 Å². The molecule has 0 aromatic heterocycles. The van der Waals surface area contributed by atoms with Crippen LogP contribution in [0, 0.1) is 5.92 Å². The molecular formula is C13H27N3O. The van der Waals surface area contributed by atoms with E-state index >= 15 is 0 Å². The summed E-state index contributed by atoms with van der Waals surface area (Å²) >= 11 is 0. The molecule has 17 heavy (non-hydrogen) atoms. The molecule has 0 saturated carbocycles. The van der Waals surface area contributed by atoms with E-state index in [0.29, 0.717) is 6.04 Å². The van der Waals surface area contributed by atoms with Gasteiger partial charge in [0.25, 0.3) is 0 Å². The molecule has 1 aliphatic heterocycles. The smallest absolute Gasteiger partial charge is 0.315 e. The fourth-order valence-corrected chi connectivity index (χ4v) is 2.08. The van der Waals surface area contributed by atoms with Crippen molar-refractivity contribution in [1.29, 1.82) is 0 Å². The molecule has 0 spiro atoms. The van der Waals surface area contributed by atoms with Crippen LogP contribution in [0.5, 0.6) is 0 Å². The first-order valence-corrected chi connectivity index (χ1v) is 6.76. The van der Waals surface area contributed by atoms with E-state index in [-0.39, 0.29) is 12.1 Å². The number of likely N-dealkylation sites (tertiary alicyclic amines) is 1. The van der Waals surface area contributed by atoms with Crippen LogP contribution >= 0.6 is 0 Å². The summed E-state index contributed by atoms with van der Waals surface area (Å²) in [5.74, 6) is 0.756. The summed E-state index contributed by atoms with van der Waals surface area (Å²) < 4.78 is 0. The van der Waals surface area contributed by atoms with Crippen LogP contribution in [0.4, 0.5) is 4.79 Å². The van der Waals surface area contributed by atoms with Crippen LogP contribution in [0.15, 0.2) is 0 Å². The fourth-order valence-electron chi connectivity index (χ4n) is 2.08. The van der Waals surface area contributed by atoms with E-state index in [9.17, 15) is 4.79 Å². The van der Waals surface area contributed by atoms with E-state index in [1.165, 1.54) is 6.42 Å². The van der Waals surface area contributed by atoms with Crippen LogP contribution in [0.3, 0.4) is 0 Å². The Bertz CT molecular complexity index is 241. The summed E-state index contributed by atoms with van der Waals surface area (Å²) in [6, 6.07) is 0.491. The number of nitrogens with zero attached hydrogens (tertiary/aromatic N) is 1. The Hall–Kier alpha value is -0.770. The van der Waals surface area contributed by atoms with Crippen molar-refractivity contribution in [3.63, 3.8) is 0 Å². The predicted molar refractivity (Wildman–Crippen MR) is 71.1 cm³/mol. The number of carbonyl (C=O) groups is 1. The third-order valence-electron chi connectivity index (χ3n) is 3.05. The molecule has 100 valence electrons. The number of amides is 2. The van der Waals surface area contributed by atoms with Crippen molar-refractivity contribution in [2.24, 2.45) is 5.92 Å². The molecule has 1 aliphatic rings. The summed E-state index contributed by atoms with van der Waals surface area (Å²) in [7, 11) is 0. The average Bonchev–Trinajstić information content (AvgIpc) is 2.61. The Kier molecular flexibility index (Phi) is 5.75. The van der Waals surface area contributed by atoms with E-state index in [4.69, 9.17) is 0 Å². The van der Waals surface area contributed by atoms with Gasteiger partial charge in [0.2, 0.25) is 0 Å². The number of rotatable bonds is 5. The molecule has 4 heteroatoms. The van der Waals surface area contributed by atoms with Gasteiger partial charge in [-0.25, -0.2) is 4.79 Å². The first kappa shape index (κ1) is 14.3. The highest BCUT2D eigenvalue weighted by molar-refractivity contribution is 5.74. The zero-order valence-electron chi connectivity index (χ0n) is 11.6. The van der Waals surface area contributed by atoms with Crippen molar-refractivity contribution in [1.82, 2.24) is 15.5 Å². The topological polar surface area (TPSA) is 44.4 Å².